The zero-order valence-corrected chi connectivity index (χ0v) is 10.5. The van der Waals surface area contributed by atoms with Crippen LogP contribution in [-0.2, 0) is 6.54 Å². The van der Waals surface area contributed by atoms with E-state index >= 15 is 0 Å². The van der Waals surface area contributed by atoms with Crippen molar-refractivity contribution >= 4 is 22.5 Å². The molecule has 2 nitrogen and oxygen atoms in total. The van der Waals surface area contributed by atoms with Crippen molar-refractivity contribution < 1.29 is 0 Å². The van der Waals surface area contributed by atoms with Gasteiger partial charge in [-0.25, -0.2) is 0 Å². The van der Waals surface area contributed by atoms with Crippen molar-refractivity contribution in [1.82, 2.24) is 4.98 Å². The third kappa shape index (κ3) is 1.80. The van der Waals surface area contributed by atoms with Gasteiger partial charge in [0.25, 0.3) is 0 Å². The van der Waals surface area contributed by atoms with Crippen LogP contribution in [0, 0.1) is 0 Å². The second-order valence-corrected chi connectivity index (χ2v) is 4.68. The third-order valence-electron chi connectivity index (χ3n) is 3.13. The van der Waals surface area contributed by atoms with Crippen LogP contribution >= 0.6 is 11.6 Å². The smallest absolute Gasteiger partial charge is 0.0510 e. The van der Waals surface area contributed by atoms with E-state index in [1.165, 1.54) is 0 Å². The highest BCUT2D eigenvalue weighted by atomic mass is 35.5. The van der Waals surface area contributed by atoms with Gasteiger partial charge in [0, 0.05) is 22.5 Å². The molecule has 18 heavy (non-hydrogen) atoms. The fourth-order valence-corrected chi connectivity index (χ4v) is 2.46. The first-order valence-corrected chi connectivity index (χ1v) is 6.23. The van der Waals surface area contributed by atoms with Gasteiger partial charge < -0.3 is 10.7 Å². The summed E-state index contributed by atoms with van der Waals surface area (Å²) < 4.78 is 0. The van der Waals surface area contributed by atoms with Crippen LogP contribution in [0.3, 0.4) is 0 Å². The molecule has 0 aliphatic carbocycles. The lowest BCUT2D eigenvalue weighted by Crippen LogP contribution is -1.97. The Morgan fingerprint density at radius 2 is 1.83 bits per heavy atom. The quantitative estimate of drug-likeness (QED) is 0.716. The average molecular weight is 257 g/mol. The summed E-state index contributed by atoms with van der Waals surface area (Å²) in [6.07, 6.45) is 0. The van der Waals surface area contributed by atoms with Crippen molar-refractivity contribution in [2.45, 2.75) is 6.54 Å². The van der Waals surface area contributed by atoms with E-state index in [1.54, 1.807) is 0 Å². The predicted octanol–water partition coefficient (Wildman–Crippen LogP) is 3.95. The summed E-state index contributed by atoms with van der Waals surface area (Å²) in [6, 6.07) is 16.0. The van der Waals surface area contributed by atoms with E-state index in [4.69, 9.17) is 17.3 Å². The molecule has 0 atom stereocenters. The standard InChI is InChI=1S/C15H13ClN2/c16-11-6-7-14-12(8-11)13(9-17)15(18-14)10-4-2-1-3-5-10/h1-8,18H,9,17H2. The van der Waals surface area contributed by atoms with Crippen molar-refractivity contribution in [3.8, 4) is 11.3 Å². The van der Waals surface area contributed by atoms with Crippen molar-refractivity contribution in [3.05, 3.63) is 59.1 Å². The summed E-state index contributed by atoms with van der Waals surface area (Å²) in [7, 11) is 0. The molecule has 0 aliphatic heterocycles. The maximum atomic E-state index is 6.05. The van der Waals surface area contributed by atoms with E-state index < -0.39 is 0 Å². The summed E-state index contributed by atoms with van der Waals surface area (Å²) in [5.41, 5.74) is 10.3. The number of halogens is 1. The zero-order valence-electron chi connectivity index (χ0n) is 9.78. The van der Waals surface area contributed by atoms with Crippen molar-refractivity contribution in [2.24, 2.45) is 5.73 Å². The average Bonchev–Trinajstić information content (AvgIpc) is 2.77. The topological polar surface area (TPSA) is 41.8 Å². The molecule has 3 N–H and O–H groups in total. The molecule has 0 spiro atoms. The van der Waals surface area contributed by atoms with Crippen LogP contribution in [-0.4, -0.2) is 4.98 Å². The highest BCUT2D eigenvalue weighted by Gasteiger charge is 2.11. The maximum Gasteiger partial charge on any atom is 0.0510 e. The lowest BCUT2D eigenvalue weighted by atomic mass is 10.1. The Morgan fingerprint density at radius 1 is 1.06 bits per heavy atom. The molecule has 90 valence electrons. The second-order valence-electron chi connectivity index (χ2n) is 4.24. The van der Waals surface area contributed by atoms with Crippen molar-refractivity contribution in [2.75, 3.05) is 0 Å². The Hall–Kier alpha value is -1.77. The molecular formula is C15H13ClN2. The maximum absolute atomic E-state index is 6.05. The van der Waals surface area contributed by atoms with E-state index in [0.717, 1.165) is 32.7 Å². The SMILES string of the molecule is NCc1c(-c2ccccc2)[nH]c2ccc(Cl)cc12. The van der Waals surface area contributed by atoms with Crippen LogP contribution in [0.5, 0.6) is 0 Å². The molecule has 3 aromatic rings. The van der Waals surface area contributed by atoms with Gasteiger partial charge in [-0.05, 0) is 29.3 Å². The van der Waals surface area contributed by atoms with Gasteiger partial charge in [-0.2, -0.15) is 0 Å². The molecule has 0 aliphatic rings. The number of nitrogens with two attached hydrogens (primary N) is 1. The van der Waals surface area contributed by atoms with Crippen LogP contribution in [0.25, 0.3) is 22.2 Å². The normalized spacial score (nSPS) is 11.0. The van der Waals surface area contributed by atoms with E-state index in [9.17, 15) is 0 Å². The van der Waals surface area contributed by atoms with E-state index in [2.05, 4.69) is 17.1 Å². The van der Waals surface area contributed by atoms with Crippen LogP contribution in [0.15, 0.2) is 48.5 Å². The molecule has 2 aromatic carbocycles. The number of hydrogen-bond acceptors (Lipinski definition) is 1. The number of aromatic amines is 1. The Labute approximate surface area is 110 Å². The Kier molecular flexibility index (Phi) is 2.82. The first kappa shape index (κ1) is 11.3. The predicted molar refractivity (Wildman–Crippen MR) is 76.6 cm³/mol. The van der Waals surface area contributed by atoms with Crippen LogP contribution < -0.4 is 5.73 Å². The Balaban J connectivity index is 2.30. The lowest BCUT2D eigenvalue weighted by Gasteiger charge is -2.02. The first-order valence-electron chi connectivity index (χ1n) is 5.85. The largest absolute Gasteiger partial charge is 0.354 e. The van der Waals surface area contributed by atoms with Gasteiger partial charge in [0.1, 0.15) is 0 Å². The van der Waals surface area contributed by atoms with Crippen LogP contribution in [0.4, 0.5) is 0 Å². The minimum absolute atomic E-state index is 0.491. The van der Waals surface area contributed by atoms with Gasteiger partial charge in [0.15, 0.2) is 0 Å². The summed E-state index contributed by atoms with van der Waals surface area (Å²) in [6.45, 7) is 0.491. The number of rotatable bonds is 2. The minimum atomic E-state index is 0.491. The van der Waals surface area contributed by atoms with Gasteiger partial charge in [0.2, 0.25) is 0 Å². The van der Waals surface area contributed by atoms with Crippen LogP contribution in [0.1, 0.15) is 5.56 Å². The molecule has 3 rings (SSSR count). The van der Waals surface area contributed by atoms with Crippen molar-refractivity contribution in [3.63, 3.8) is 0 Å². The molecule has 1 aromatic heterocycles. The first-order chi connectivity index (χ1) is 8.79. The molecule has 0 radical (unpaired) electrons. The van der Waals surface area contributed by atoms with Crippen molar-refractivity contribution in [1.29, 1.82) is 0 Å². The monoisotopic (exact) mass is 256 g/mol. The molecule has 0 unspecified atom stereocenters. The molecule has 0 fully saturated rings. The summed E-state index contributed by atoms with van der Waals surface area (Å²) in [4.78, 5) is 3.42. The van der Waals surface area contributed by atoms with E-state index in [0.29, 0.717) is 6.54 Å². The summed E-state index contributed by atoms with van der Waals surface area (Å²) >= 11 is 6.05. The number of hydrogen-bond donors (Lipinski definition) is 2. The Morgan fingerprint density at radius 3 is 2.56 bits per heavy atom. The number of H-pyrrole nitrogens is 1. The molecule has 1 heterocycles. The number of benzene rings is 2. The zero-order chi connectivity index (χ0) is 12.5. The third-order valence-corrected chi connectivity index (χ3v) is 3.37. The molecular weight excluding hydrogens is 244 g/mol. The van der Waals surface area contributed by atoms with E-state index in [1.807, 2.05) is 36.4 Å². The van der Waals surface area contributed by atoms with Crippen LogP contribution in [0.2, 0.25) is 5.02 Å². The highest BCUT2D eigenvalue weighted by Crippen LogP contribution is 2.31. The second kappa shape index (κ2) is 4.48. The number of nitrogens with one attached hydrogen (secondary N) is 1. The molecule has 0 saturated heterocycles. The fourth-order valence-electron chi connectivity index (χ4n) is 2.28. The van der Waals surface area contributed by atoms with Gasteiger partial charge in [0.05, 0.1) is 5.69 Å². The molecule has 0 amide bonds. The molecule has 3 heteroatoms. The van der Waals surface area contributed by atoms with Gasteiger partial charge in [-0.3, -0.25) is 0 Å². The number of aromatic nitrogens is 1. The number of fused-ring (bicyclic) bond motifs is 1. The Bertz CT molecular complexity index is 686. The van der Waals surface area contributed by atoms with Gasteiger partial charge in [-0.15, -0.1) is 0 Å². The summed E-state index contributed by atoms with van der Waals surface area (Å²) in [5.74, 6) is 0. The minimum Gasteiger partial charge on any atom is -0.354 e. The fraction of sp³-hybridized carbons (Fsp3) is 0.0667. The highest BCUT2D eigenvalue weighted by molar-refractivity contribution is 6.31. The molecule has 0 saturated carbocycles. The van der Waals surface area contributed by atoms with Gasteiger partial charge in [-0.1, -0.05) is 41.9 Å². The summed E-state index contributed by atoms with van der Waals surface area (Å²) in [5, 5.41) is 1.83. The van der Waals surface area contributed by atoms with Gasteiger partial charge >= 0.3 is 0 Å². The molecule has 0 bridgehead atoms. The lowest BCUT2D eigenvalue weighted by molar-refractivity contribution is 1.09. The van der Waals surface area contributed by atoms with E-state index in [-0.39, 0.29) is 0 Å².